The van der Waals surface area contributed by atoms with Crippen molar-refractivity contribution in [3.63, 3.8) is 0 Å². The highest BCUT2D eigenvalue weighted by atomic mass is 32.2. The second-order valence-electron chi connectivity index (χ2n) is 6.06. The molecule has 0 spiro atoms. The number of benzene rings is 2. The maximum Gasteiger partial charge on any atom is 0.340 e. The van der Waals surface area contributed by atoms with Crippen LogP contribution < -0.4 is 5.32 Å². The van der Waals surface area contributed by atoms with Crippen LogP contribution >= 0.6 is 0 Å². The van der Waals surface area contributed by atoms with Crippen molar-refractivity contribution in [2.75, 3.05) is 25.5 Å². The van der Waals surface area contributed by atoms with Crippen LogP contribution in [0.25, 0.3) is 0 Å². The first kappa shape index (κ1) is 21.6. The first-order chi connectivity index (χ1) is 13.3. The monoisotopic (exact) mass is 404 g/mol. The molecule has 0 fully saturated rings. The first-order valence-electron chi connectivity index (χ1n) is 8.85. The van der Waals surface area contributed by atoms with Crippen LogP contribution in [-0.4, -0.2) is 44.8 Å². The number of methoxy groups -OCH3 is 1. The van der Waals surface area contributed by atoms with E-state index in [-0.39, 0.29) is 16.0 Å². The smallest absolute Gasteiger partial charge is 0.340 e. The molecule has 28 heavy (non-hydrogen) atoms. The largest absolute Gasteiger partial charge is 0.465 e. The van der Waals surface area contributed by atoms with Crippen molar-refractivity contribution in [3.05, 3.63) is 59.2 Å². The van der Waals surface area contributed by atoms with E-state index in [0.29, 0.717) is 24.3 Å². The van der Waals surface area contributed by atoms with E-state index in [1.165, 1.54) is 35.7 Å². The lowest BCUT2D eigenvalue weighted by atomic mass is 10.1. The van der Waals surface area contributed by atoms with Crippen molar-refractivity contribution in [2.24, 2.45) is 0 Å². The minimum absolute atomic E-state index is 0.124. The number of nitrogens with zero attached hydrogens (tertiary/aromatic N) is 1. The quantitative estimate of drug-likeness (QED) is 0.716. The van der Waals surface area contributed by atoms with Crippen molar-refractivity contribution in [2.45, 2.75) is 25.7 Å². The Labute approximate surface area is 165 Å². The molecule has 0 saturated heterocycles. The zero-order valence-electron chi connectivity index (χ0n) is 16.4. The standard InChI is InChI=1S/C20H24N2O5S/c1-5-22(6-2)28(25,26)16-12-10-15(11-13-16)19(23)21-17-9-7-8-14(3)18(17)20(24)27-4/h7-13H,5-6H2,1-4H3,(H,21,23). The lowest BCUT2D eigenvalue weighted by molar-refractivity contribution is 0.0601. The summed E-state index contributed by atoms with van der Waals surface area (Å²) >= 11 is 0. The molecule has 0 aliphatic carbocycles. The van der Waals surface area contributed by atoms with E-state index in [2.05, 4.69) is 5.32 Å². The topological polar surface area (TPSA) is 92.8 Å². The number of esters is 1. The fourth-order valence-electron chi connectivity index (χ4n) is 2.83. The van der Waals surface area contributed by atoms with Gasteiger partial charge >= 0.3 is 5.97 Å². The number of ether oxygens (including phenoxy) is 1. The maximum atomic E-state index is 12.6. The number of sulfonamides is 1. The van der Waals surface area contributed by atoms with Crippen LogP contribution in [0.2, 0.25) is 0 Å². The van der Waals surface area contributed by atoms with Gasteiger partial charge in [0.1, 0.15) is 0 Å². The van der Waals surface area contributed by atoms with Crippen LogP contribution in [0.1, 0.15) is 40.1 Å². The number of amides is 1. The minimum Gasteiger partial charge on any atom is -0.465 e. The minimum atomic E-state index is -3.59. The Kier molecular flexibility index (Phi) is 6.93. The predicted molar refractivity (Wildman–Crippen MR) is 107 cm³/mol. The molecule has 150 valence electrons. The summed E-state index contributed by atoms with van der Waals surface area (Å²) in [5.74, 6) is -1.00. The molecule has 0 unspecified atom stereocenters. The average Bonchev–Trinajstić information content (AvgIpc) is 2.68. The van der Waals surface area contributed by atoms with Crippen LogP contribution in [-0.2, 0) is 14.8 Å². The summed E-state index contributed by atoms with van der Waals surface area (Å²) in [4.78, 5) is 24.7. The van der Waals surface area contributed by atoms with Gasteiger partial charge in [-0.15, -0.1) is 0 Å². The summed E-state index contributed by atoms with van der Waals surface area (Å²) in [5, 5.41) is 2.69. The second-order valence-corrected chi connectivity index (χ2v) is 7.99. The molecule has 0 aromatic heterocycles. The number of nitrogens with one attached hydrogen (secondary N) is 1. The summed E-state index contributed by atoms with van der Waals surface area (Å²) < 4.78 is 31.2. The van der Waals surface area contributed by atoms with Gasteiger partial charge in [-0.05, 0) is 42.8 Å². The Morgan fingerprint density at radius 2 is 1.64 bits per heavy atom. The highest BCUT2D eigenvalue weighted by Gasteiger charge is 2.22. The zero-order chi connectivity index (χ0) is 20.9. The first-order valence-corrected chi connectivity index (χ1v) is 10.3. The highest BCUT2D eigenvalue weighted by molar-refractivity contribution is 7.89. The van der Waals surface area contributed by atoms with Gasteiger partial charge in [0.05, 0.1) is 23.3 Å². The molecule has 0 radical (unpaired) electrons. The average molecular weight is 404 g/mol. The number of aryl methyl sites for hydroxylation is 1. The summed E-state index contributed by atoms with van der Waals surface area (Å²) in [6, 6.07) is 10.8. The lowest BCUT2D eigenvalue weighted by Gasteiger charge is -2.18. The van der Waals surface area contributed by atoms with Gasteiger partial charge in [0.2, 0.25) is 10.0 Å². The molecule has 0 bridgehead atoms. The van der Waals surface area contributed by atoms with Crippen molar-refractivity contribution in [1.82, 2.24) is 4.31 Å². The maximum absolute atomic E-state index is 12.6. The van der Waals surface area contributed by atoms with Crippen molar-refractivity contribution in [3.8, 4) is 0 Å². The normalized spacial score (nSPS) is 11.3. The van der Waals surface area contributed by atoms with Crippen molar-refractivity contribution < 1.29 is 22.7 Å². The third-order valence-corrected chi connectivity index (χ3v) is 6.43. The molecular weight excluding hydrogens is 380 g/mol. The lowest BCUT2D eigenvalue weighted by Crippen LogP contribution is -2.30. The Balaban J connectivity index is 2.28. The second kappa shape index (κ2) is 8.99. The van der Waals surface area contributed by atoms with E-state index in [9.17, 15) is 18.0 Å². The number of hydrogen-bond acceptors (Lipinski definition) is 5. The van der Waals surface area contributed by atoms with E-state index in [4.69, 9.17) is 4.74 Å². The molecule has 0 atom stereocenters. The Bertz CT molecular complexity index is 965. The number of carbonyl (C=O) groups is 2. The molecule has 0 aliphatic rings. The van der Waals surface area contributed by atoms with E-state index in [0.717, 1.165) is 0 Å². The SMILES string of the molecule is CCN(CC)S(=O)(=O)c1ccc(C(=O)Nc2cccc(C)c2C(=O)OC)cc1. The van der Waals surface area contributed by atoms with Crippen molar-refractivity contribution in [1.29, 1.82) is 0 Å². The number of anilines is 1. The van der Waals surface area contributed by atoms with Gasteiger partial charge in [-0.2, -0.15) is 4.31 Å². The zero-order valence-corrected chi connectivity index (χ0v) is 17.2. The van der Waals surface area contributed by atoms with Crippen LogP contribution in [0, 0.1) is 6.92 Å². The summed E-state index contributed by atoms with van der Waals surface area (Å²) in [6.07, 6.45) is 0. The molecule has 8 heteroatoms. The third kappa shape index (κ3) is 4.40. The van der Waals surface area contributed by atoms with E-state index in [1.807, 2.05) is 0 Å². The Morgan fingerprint density at radius 3 is 2.18 bits per heavy atom. The predicted octanol–water partition coefficient (Wildman–Crippen LogP) is 3.06. The molecule has 1 amide bonds. The van der Waals surface area contributed by atoms with Gasteiger partial charge in [-0.25, -0.2) is 13.2 Å². The van der Waals surface area contributed by atoms with Gasteiger partial charge in [0.15, 0.2) is 0 Å². The van der Waals surface area contributed by atoms with Crippen molar-refractivity contribution >= 4 is 27.6 Å². The fraction of sp³-hybridized carbons (Fsp3) is 0.300. The third-order valence-electron chi connectivity index (χ3n) is 4.37. The summed E-state index contributed by atoms with van der Waals surface area (Å²) in [5.41, 5.74) is 1.55. The molecule has 2 aromatic rings. The number of rotatable bonds is 7. The summed E-state index contributed by atoms with van der Waals surface area (Å²) in [7, 11) is -2.32. The van der Waals surface area contributed by atoms with Gasteiger partial charge in [-0.3, -0.25) is 4.79 Å². The van der Waals surface area contributed by atoms with Gasteiger partial charge in [0.25, 0.3) is 5.91 Å². The number of carbonyl (C=O) groups excluding carboxylic acids is 2. The Hall–Kier alpha value is -2.71. The highest BCUT2D eigenvalue weighted by Crippen LogP contribution is 2.22. The van der Waals surface area contributed by atoms with E-state index in [1.54, 1.807) is 39.0 Å². The van der Waals surface area contributed by atoms with E-state index >= 15 is 0 Å². The molecule has 2 rings (SSSR count). The molecule has 0 aliphatic heterocycles. The van der Waals surface area contributed by atoms with Gasteiger partial charge in [-0.1, -0.05) is 26.0 Å². The van der Waals surface area contributed by atoms with Crippen LogP contribution in [0.5, 0.6) is 0 Å². The number of hydrogen-bond donors (Lipinski definition) is 1. The molecular formula is C20H24N2O5S. The fourth-order valence-corrected chi connectivity index (χ4v) is 4.29. The van der Waals surface area contributed by atoms with Crippen LogP contribution in [0.3, 0.4) is 0 Å². The summed E-state index contributed by atoms with van der Waals surface area (Å²) in [6.45, 7) is 6.01. The molecule has 0 saturated carbocycles. The molecule has 7 nitrogen and oxygen atoms in total. The Morgan fingerprint density at radius 1 is 1.04 bits per heavy atom. The van der Waals surface area contributed by atoms with Crippen LogP contribution in [0.15, 0.2) is 47.4 Å². The molecule has 0 heterocycles. The van der Waals surface area contributed by atoms with Crippen LogP contribution in [0.4, 0.5) is 5.69 Å². The molecule has 1 N–H and O–H groups in total. The van der Waals surface area contributed by atoms with E-state index < -0.39 is 21.9 Å². The van der Waals surface area contributed by atoms with Gasteiger partial charge in [0, 0.05) is 18.7 Å². The van der Waals surface area contributed by atoms with Gasteiger partial charge < -0.3 is 10.1 Å². The molecule has 2 aromatic carbocycles.